The Morgan fingerprint density at radius 1 is 1.50 bits per heavy atom. The van der Waals surface area contributed by atoms with E-state index in [2.05, 4.69) is 15.9 Å². The van der Waals surface area contributed by atoms with Gasteiger partial charge in [-0.3, -0.25) is 0 Å². The van der Waals surface area contributed by atoms with Gasteiger partial charge in [0, 0.05) is 0 Å². The van der Waals surface area contributed by atoms with Crippen LogP contribution in [0, 0.1) is 0 Å². The molecule has 0 aromatic carbocycles. The van der Waals surface area contributed by atoms with Gasteiger partial charge in [-0.05, 0) is 6.42 Å². The summed E-state index contributed by atoms with van der Waals surface area (Å²) in [6, 6.07) is 0. The van der Waals surface area contributed by atoms with Crippen molar-refractivity contribution in [3.63, 3.8) is 0 Å². The maximum atomic E-state index is 9.41. The number of ether oxygens (including phenoxy) is 2. The van der Waals surface area contributed by atoms with E-state index in [1.54, 1.807) is 0 Å². The highest BCUT2D eigenvalue weighted by Crippen LogP contribution is 2.42. The van der Waals surface area contributed by atoms with Crippen molar-refractivity contribution in [2.75, 3.05) is 13.2 Å². The fourth-order valence-electron chi connectivity index (χ4n) is 1.41. The summed E-state index contributed by atoms with van der Waals surface area (Å²) in [6.45, 7) is 1.06. The zero-order chi connectivity index (χ0) is 7.19. The van der Waals surface area contributed by atoms with Gasteiger partial charge >= 0.3 is 0 Å². The Morgan fingerprint density at radius 3 is 3.00 bits per heavy atom. The summed E-state index contributed by atoms with van der Waals surface area (Å²) in [4.78, 5) is 0. The van der Waals surface area contributed by atoms with Crippen molar-refractivity contribution in [3.05, 3.63) is 0 Å². The van der Waals surface area contributed by atoms with Crippen LogP contribution < -0.4 is 0 Å². The maximum absolute atomic E-state index is 9.41. The molecule has 0 aromatic heterocycles. The third-order valence-corrected chi connectivity index (χ3v) is 3.40. The standard InChI is InChI=1S/C6H9BrO3/c7-6-1-2-9-5(6)10-3-4(6)8/h4-5,8H,1-3H2/t4?,5-,6?/m0/s1. The minimum absolute atomic E-state index is 0.234. The normalized spacial score (nSPS) is 53.4. The third kappa shape index (κ3) is 0.763. The van der Waals surface area contributed by atoms with E-state index in [-0.39, 0.29) is 10.6 Å². The molecule has 2 saturated heterocycles. The molecule has 0 aliphatic carbocycles. The Kier molecular flexibility index (Phi) is 1.53. The first kappa shape index (κ1) is 7.03. The van der Waals surface area contributed by atoms with E-state index >= 15 is 0 Å². The largest absolute Gasteiger partial charge is 0.389 e. The van der Waals surface area contributed by atoms with Crippen LogP contribution in [0.4, 0.5) is 0 Å². The van der Waals surface area contributed by atoms with E-state index in [4.69, 9.17) is 9.47 Å². The van der Waals surface area contributed by atoms with Crippen LogP contribution in [0.3, 0.4) is 0 Å². The van der Waals surface area contributed by atoms with Gasteiger partial charge in [-0.25, -0.2) is 0 Å². The molecular weight excluding hydrogens is 200 g/mol. The van der Waals surface area contributed by atoms with E-state index in [0.717, 1.165) is 6.42 Å². The van der Waals surface area contributed by atoms with Gasteiger partial charge in [-0.2, -0.15) is 0 Å². The van der Waals surface area contributed by atoms with Crippen LogP contribution in [0.5, 0.6) is 0 Å². The van der Waals surface area contributed by atoms with Crippen LogP contribution in [0.1, 0.15) is 6.42 Å². The first-order valence-electron chi connectivity index (χ1n) is 3.34. The number of aliphatic hydroxyl groups excluding tert-OH is 1. The molecule has 10 heavy (non-hydrogen) atoms. The molecule has 1 N–H and O–H groups in total. The Balaban J connectivity index is 2.21. The van der Waals surface area contributed by atoms with Crippen molar-refractivity contribution in [2.45, 2.75) is 23.1 Å². The Morgan fingerprint density at radius 2 is 2.30 bits per heavy atom. The number of alkyl halides is 1. The number of fused-ring (bicyclic) bond motifs is 1. The molecule has 2 aliphatic rings. The van der Waals surface area contributed by atoms with Crippen molar-refractivity contribution in [1.29, 1.82) is 0 Å². The van der Waals surface area contributed by atoms with E-state index in [0.29, 0.717) is 13.2 Å². The highest BCUT2D eigenvalue weighted by molar-refractivity contribution is 9.10. The molecule has 0 saturated carbocycles. The van der Waals surface area contributed by atoms with E-state index in [9.17, 15) is 5.11 Å². The molecule has 0 aromatic rings. The van der Waals surface area contributed by atoms with E-state index < -0.39 is 6.10 Å². The number of aliphatic hydroxyl groups is 1. The van der Waals surface area contributed by atoms with Crippen molar-refractivity contribution >= 4 is 15.9 Å². The van der Waals surface area contributed by atoms with Crippen LogP contribution in [-0.4, -0.2) is 35.0 Å². The van der Waals surface area contributed by atoms with Crippen molar-refractivity contribution < 1.29 is 14.6 Å². The van der Waals surface area contributed by atoms with Gasteiger partial charge in [-0.1, -0.05) is 15.9 Å². The van der Waals surface area contributed by atoms with E-state index in [1.165, 1.54) is 0 Å². The van der Waals surface area contributed by atoms with Crippen molar-refractivity contribution in [2.24, 2.45) is 0 Å². The fraction of sp³-hybridized carbons (Fsp3) is 1.00. The molecular formula is C6H9BrO3. The van der Waals surface area contributed by atoms with Gasteiger partial charge in [-0.15, -0.1) is 0 Å². The SMILES string of the molecule is OC1CO[C@@H]2OCCC12Br. The highest BCUT2D eigenvalue weighted by Gasteiger charge is 2.53. The zero-order valence-electron chi connectivity index (χ0n) is 5.42. The molecule has 2 heterocycles. The topological polar surface area (TPSA) is 38.7 Å². The molecule has 3 nitrogen and oxygen atoms in total. The second kappa shape index (κ2) is 2.17. The number of hydrogen-bond acceptors (Lipinski definition) is 3. The average molecular weight is 209 g/mol. The fourth-order valence-corrected chi connectivity index (χ4v) is 1.96. The molecule has 2 aliphatic heterocycles. The molecule has 2 rings (SSSR count). The number of rotatable bonds is 0. The van der Waals surface area contributed by atoms with Gasteiger partial charge in [0.25, 0.3) is 0 Å². The third-order valence-electron chi connectivity index (χ3n) is 2.11. The minimum atomic E-state index is -0.417. The van der Waals surface area contributed by atoms with Gasteiger partial charge in [0.2, 0.25) is 0 Å². The molecule has 4 heteroatoms. The molecule has 58 valence electrons. The van der Waals surface area contributed by atoms with Crippen molar-refractivity contribution in [1.82, 2.24) is 0 Å². The lowest BCUT2D eigenvalue weighted by atomic mass is 10.0. The van der Waals surface area contributed by atoms with Crippen LogP contribution in [-0.2, 0) is 9.47 Å². The Labute approximate surface area is 67.4 Å². The van der Waals surface area contributed by atoms with Gasteiger partial charge in [0.1, 0.15) is 4.32 Å². The van der Waals surface area contributed by atoms with Gasteiger partial charge in [0.05, 0.1) is 19.3 Å². The van der Waals surface area contributed by atoms with E-state index in [1.807, 2.05) is 0 Å². The van der Waals surface area contributed by atoms with Crippen LogP contribution >= 0.6 is 15.9 Å². The van der Waals surface area contributed by atoms with Crippen LogP contribution in [0.2, 0.25) is 0 Å². The molecule has 2 unspecified atom stereocenters. The molecule has 0 bridgehead atoms. The molecule has 0 spiro atoms. The molecule has 2 fully saturated rings. The number of halogens is 1. The first-order valence-corrected chi connectivity index (χ1v) is 4.13. The maximum Gasteiger partial charge on any atom is 0.175 e. The molecule has 0 amide bonds. The summed E-state index contributed by atoms with van der Waals surface area (Å²) in [5, 5.41) is 9.41. The minimum Gasteiger partial charge on any atom is -0.389 e. The summed E-state index contributed by atoms with van der Waals surface area (Å²) in [6.07, 6.45) is 0.182. The lowest BCUT2D eigenvalue weighted by Crippen LogP contribution is -2.36. The highest BCUT2D eigenvalue weighted by atomic mass is 79.9. The predicted molar refractivity (Wildman–Crippen MR) is 38.0 cm³/mol. The van der Waals surface area contributed by atoms with Crippen molar-refractivity contribution in [3.8, 4) is 0 Å². The lowest BCUT2D eigenvalue weighted by Gasteiger charge is -2.20. The monoisotopic (exact) mass is 208 g/mol. The first-order chi connectivity index (χ1) is 4.73. The quantitative estimate of drug-likeness (QED) is 0.581. The van der Waals surface area contributed by atoms with Gasteiger partial charge < -0.3 is 14.6 Å². The average Bonchev–Trinajstić information content (AvgIpc) is 2.36. The molecule has 0 radical (unpaired) electrons. The second-order valence-corrected chi connectivity index (χ2v) is 4.21. The summed E-state index contributed by atoms with van der Waals surface area (Å²) >= 11 is 3.44. The summed E-state index contributed by atoms with van der Waals surface area (Å²) < 4.78 is 10.1. The number of hydrogen-bond donors (Lipinski definition) is 1. The van der Waals surface area contributed by atoms with Gasteiger partial charge in [0.15, 0.2) is 6.29 Å². The Hall–Kier alpha value is 0.360. The summed E-state index contributed by atoms with van der Waals surface area (Å²) in [5.74, 6) is 0. The van der Waals surface area contributed by atoms with Crippen LogP contribution in [0.15, 0.2) is 0 Å². The lowest BCUT2D eigenvalue weighted by molar-refractivity contribution is -0.0861. The smallest absolute Gasteiger partial charge is 0.175 e. The van der Waals surface area contributed by atoms with Crippen LogP contribution in [0.25, 0.3) is 0 Å². The Bertz CT molecular complexity index is 152. The predicted octanol–water partition coefficient (Wildman–Crippen LogP) is 0.258. The summed E-state index contributed by atoms with van der Waals surface area (Å²) in [7, 11) is 0. The summed E-state index contributed by atoms with van der Waals surface area (Å²) in [5.41, 5.74) is 0. The zero-order valence-corrected chi connectivity index (χ0v) is 7.00. The molecule has 3 atom stereocenters. The second-order valence-electron chi connectivity index (χ2n) is 2.73.